The number of anilines is 2. The molecule has 0 aliphatic carbocycles. The van der Waals surface area contributed by atoms with Gasteiger partial charge < -0.3 is 15.0 Å². The van der Waals surface area contributed by atoms with Crippen molar-refractivity contribution in [3.8, 4) is 0 Å². The Morgan fingerprint density at radius 2 is 1.79 bits per heavy atom. The smallest absolute Gasteiger partial charge is 0.337 e. The Morgan fingerprint density at radius 3 is 2.42 bits per heavy atom. The minimum absolute atomic E-state index is 0.0892. The molecule has 1 N–H and O–H groups in total. The third-order valence-corrected chi connectivity index (χ3v) is 3.66. The number of esters is 1. The molecule has 0 aliphatic rings. The Labute approximate surface area is 142 Å². The van der Waals surface area contributed by atoms with Gasteiger partial charge in [0.1, 0.15) is 0 Å². The van der Waals surface area contributed by atoms with Crippen LogP contribution in [-0.2, 0) is 16.0 Å². The molecule has 0 saturated heterocycles. The minimum Gasteiger partial charge on any atom is -0.465 e. The molecule has 2 rings (SSSR count). The number of aryl methyl sites for hydroxylation is 1. The molecule has 2 aromatic rings. The predicted molar refractivity (Wildman–Crippen MR) is 95.5 cm³/mol. The average Bonchev–Trinajstić information content (AvgIpc) is 2.59. The van der Waals surface area contributed by atoms with Crippen molar-refractivity contribution in [2.75, 3.05) is 31.4 Å². The lowest BCUT2D eigenvalue weighted by Crippen LogP contribution is -2.13. The van der Waals surface area contributed by atoms with Gasteiger partial charge in [-0.1, -0.05) is 18.2 Å². The fourth-order valence-electron chi connectivity index (χ4n) is 2.28. The zero-order valence-corrected chi connectivity index (χ0v) is 14.2. The van der Waals surface area contributed by atoms with Crippen molar-refractivity contribution >= 4 is 23.3 Å². The highest BCUT2D eigenvalue weighted by atomic mass is 16.5. The van der Waals surface area contributed by atoms with Gasteiger partial charge in [-0.25, -0.2) is 4.79 Å². The summed E-state index contributed by atoms with van der Waals surface area (Å²) in [4.78, 5) is 25.6. The van der Waals surface area contributed by atoms with E-state index in [1.807, 2.05) is 43.3 Å². The van der Waals surface area contributed by atoms with Crippen molar-refractivity contribution in [2.45, 2.75) is 12.8 Å². The number of hydrogen-bond acceptors (Lipinski definition) is 4. The largest absolute Gasteiger partial charge is 0.465 e. The molecular weight excluding hydrogens is 304 g/mol. The Morgan fingerprint density at radius 1 is 1.08 bits per heavy atom. The third-order valence-electron chi connectivity index (χ3n) is 3.66. The lowest BCUT2D eigenvalue weighted by Gasteiger charge is -2.12. The molecule has 0 bridgehead atoms. The molecule has 5 nitrogen and oxygen atoms in total. The number of hydrogen-bond donors (Lipinski definition) is 1. The number of carbonyl (C=O) groups excluding carboxylic acids is 2. The molecule has 126 valence electrons. The van der Waals surface area contributed by atoms with Gasteiger partial charge in [0.25, 0.3) is 0 Å². The topological polar surface area (TPSA) is 58.6 Å². The van der Waals surface area contributed by atoms with E-state index in [4.69, 9.17) is 0 Å². The summed E-state index contributed by atoms with van der Waals surface area (Å²) in [6.45, 7) is 0. The molecule has 0 radical (unpaired) electrons. The zero-order valence-electron chi connectivity index (χ0n) is 14.2. The molecule has 0 unspecified atom stereocenters. The van der Waals surface area contributed by atoms with Crippen LogP contribution < -0.4 is 10.2 Å². The number of methoxy groups -OCH3 is 1. The first-order valence-corrected chi connectivity index (χ1v) is 7.74. The number of nitrogens with zero attached hydrogens (tertiary/aromatic N) is 1. The van der Waals surface area contributed by atoms with E-state index in [-0.39, 0.29) is 5.91 Å². The summed E-state index contributed by atoms with van der Waals surface area (Å²) in [6, 6.07) is 14.8. The number of nitrogens with one attached hydrogen (secondary N) is 1. The second-order valence-corrected chi connectivity index (χ2v) is 5.68. The SMILES string of the molecule is COC(=O)c1cccc(NC(=O)CCc2ccc(N(C)C)cc2)c1. The van der Waals surface area contributed by atoms with Gasteiger partial charge in [0.2, 0.25) is 5.91 Å². The summed E-state index contributed by atoms with van der Waals surface area (Å²) in [5.74, 6) is -0.513. The Bertz CT molecular complexity index is 709. The Hall–Kier alpha value is -2.82. The maximum atomic E-state index is 12.1. The lowest BCUT2D eigenvalue weighted by molar-refractivity contribution is -0.116. The number of rotatable bonds is 6. The van der Waals surface area contributed by atoms with Crippen LogP contribution in [0.25, 0.3) is 0 Å². The van der Waals surface area contributed by atoms with Crippen LogP contribution in [0.3, 0.4) is 0 Å². The Balaban J connectivity index is 1.90. The van der Waals surface area contributed by atoms with E-state index in [0.717, 1.165) is 11.3 Å². The maximum Gasteiger partial charge on any atom is 0.337 e. The first-order chi connectivity index (χ1) is 11.5. The normalized spacial score (nSPS) is 10.1. The summed E-state index contributed by atoms with van der Waals surface area (Å²) in [7, 11) is 5.31. The monoisotopic (exact) mass is 326 g/mol. The molecule has 2 aromatic carbocycles. The van der Waals surface area contributed by atoms with Crippen molar-refractivity contribution in [1.82, 2.24) is 0 Å². The van der Waals surface area contributed by atoms with Crippen LogP contribution in [0.4, 0.5) is 11.4 Å². The van der Waals surface area contributed by atoms with Crippen LogP contribution in [0.5, 0.6) is 0 Å². The van der Waals surface area contributed by atoms with E-state index in [1.54, 1.807) is 24.3 Å². The van der Waals surface area contributed by atoms with E-state index in [9.17, 15) is 9.59 Å². The maximum absolute atomic E-state index is 12.1. The molecule has 1 amide bonds. The molecule has 24 heavy (non-hydrogen) atoms. The predicted octanol–water partition coefficient (Wildman–Crippen LogP) is 3.11. The van der Waals surface area contributed by atoms with Gasteiger partial charge in [0, 0.05) is 31.9 Å². The van der Waals surface area contributed by atoms with Crippen LogP contribution in [0.2, 0.25) is 0 Å². The van der Waals surface area contributed by atoms with Gasteiger partial charge >= 0.3 is 5.97 Å². The molecule has 0 heterocycles. The van der Waals surface area contributed by atoms with E-state index < -0.39 is 5.97 Å². The second kappa shape index (κ2) is 8.15. The van der Waals surface area contributed by atoms with Crippen LogP contribution in [0.15, 0.2) is 48.5 Å². The number of benzene rings is 2. The quantitative estimate of drug-likeness (QED) is 0.829. The highest BCUT2D eigenvalue weighted by molar-refractivity contribution is 5.94. The van der Waals surface area contributed by atoms with Crippen molar-refractivity contribution in [2.24, 2.45) is 0 Å². The van der Waals surface area contributed by atoms with E-state index in [2.05, 4.69) is 10.1 Å². The van der Waals surface area contributed by atoms with Crippen molar-refractivity contribution in [3.05, 3.63) is 59.7 Å². The van der Waals surface area contributed by atoms with Gasteiger partial charge in [-0.3, -0.25) is 4.79 Å². The number of amides is 1. The van der Waals surface area contributed by atoms with Crippen LogP contribution >= 0.6 is 0 Å². The minimum atomic E-state index is -0.424. The first kappa shape index (κ1) is 17.5. The third kappa shape index (κ3) is 4.84. The molecule has 0 aliphatic heterocycles. The van der Waals surface area contributed by atoms with Gasteiger partial charge in [-0.2, -0.15) is 0 Å². The molecule has 0 atom stereocenters. The van der Waals surface area contributed by atoms with E-state index in [0.29, 0.717) is 24.1 Å². The van der Waals surface area contributed by atoms with Gasteiger partial charge in [0.05, 0.1) is 12.7 Å². The summed E-state index contributed by atoms with van der Waals surface area (Å²) >= 11 is 0. The average molecular weight is 326 g/mol. The van der Waals surface area contributed by atoms with Crippen molar-refractivity contribution in [3.63, 3.8) is 0 Å². The standard InChI is InChI=1S/C19H22N2O3/c1-21(2)17-10-7-14(8-11-17)9-12-18(22)20-16-6-4-5-15(13-16)19(23)24-3/h4-8,10-11,13H,9,12H2,1-3H3,(H,20,22). The summed E-state index contributed by atoms with van der Waals surface area (Å²) in [5, 5.41) is 2.81. The summed E-state index contributed by atoms with van der Waals surface area (Å²) < 4.78 is 4.67. The number of carbonyl (C=O) groups is 2. The Kier molecular flexibility index (Phi) is 5.95. The lowest BCUT2D eigenvalue weighted by atomic mass is 10.1. The molecule has 0 spiro atoms. The van der Waals surface area contributed by atoms with Crippen LogP contribution in [-0.4, -0.2) is 33.1 Å². The number of ether oxygens (including phenoxy) is 1. The highest BCUT2D eigenvalue weighted by Gasteiger charge is 2.08. The van der Waals surface area contributed by atoms with Gasteiger partial charge in [-0.15, -0.1) is 0 Å². The summed E-state index contributed by atoms with van der Waals surface area (Å²) in [5.41, 5.74) is 3.24. The van der Waals surface area contributed by atoms with Crippen molar-refractivity contribution < 1.29 is 14.3 Å². The fourth-order valence-corrected chi connectivity index (χ4v) is 2.28. The van der Waals surface area contributed by atoms with E-state index in [1.165, 1.54) is 7.11 Å². The molecular formula is C19H22N2O3. The van der Waals surface area contributed by atoms with Crippen LogP contribution in [0.1, 0.15) is 22.3 Å². The summed E-state index contributed by atoms with van der Waals surface area (Å²) in [6.07, 6.45) is 1.04. The first-order valence-electron chi connectivity index (χ1n) is 7.74. The van der Waals surface area contributed by atoms with Gasteiger partial charge in [-0.05, 0) is 42.3 Å². The molecule has 0 saturated carbocycles. The zero-order chi connectivity index (χ0) is 17.5. The molecule has 5 heteroatoms. The van der Waals surface area contributed by atoms with Crippen molar-refractivity contribution in [1.29, 1.82) is 0 Å². The fraction of sp³-hybridized carbons (Fsp3) is 0.263. The van der Waals surface area contributed by atoms with Gasteiger partial charge in [0.15, 0.2) is 0 Å². The molecule has 0 fully saturated rings. The molecule has 0 aromatic heterocycles. The highest BCUT2D eigenvalue weighted by Crippen LogP contribution is 2.15. The van der Waals surface area contributed by atoms with E-state index >= 15 is 0 Å². The van der Waals surface area contributed by atoms with Crippen LogP contribution in [0, 0.1) is 0 Å². The second-order valence-electron chi connectivity index (χ2n) is 5.68.